The van der Waals surface area contributed by atoms with E-state index in [1.54, 1.807) is 0 Å². The van der Waals surface area contributed by atoms with E-state index < -0.39 is 0 Å². The molecule has 5 rings (SSSR count). The molecule has 0 N–H and O–H groups in total. The van der Waals surface area contributed by atoms with Crippen LogP contribution < -0.4 is 0 Å². The van der Waals surface area contributed by atoms with Crippen molar-refractivity contribution in [2.75, 3.05) is 0 Å². The topological polar surface area (TPSA) is 0 Å². The van der Waals surface area contributed by atoms with Crippen LogP contribution in [0.2, 0.25) is 0 Å². The standard InChI is InChI=1S/C23H18/c1-23(2)21-10-6-5-9-18(21)20-13-16-12-11-15-7-3-4-8-17(15)19(16)14-22(20)23/h3-14H,1-2H3. The maximum atomic E-state index is 2.42. The van der Waals surface area contributed by atoms with Crippen LogP contribution in [0.15, 0.2) is 72.8 Å². The molecule has 0 aromatic heterocycles. The second kappa shape index (κ2) is 4.23. The second-order valence-electron chi connectivity index (χ2n) is 7.08. The van der Waals surface area contributed by atoms with Gasteiger partial charge >= 0.3 is 0 Å². The number of hydrogen-bond donors (Lipinski definition) is 0. The summed E-state index contributed by atoms with van der Waals surface area (Å²) >= 11 is 0. The molecule has 110 valence electrons. The molecule has 0 saturated carbocycles. The molecule has 1 aliphatic rings. The van der Waals surface area contributed by atoms with Crippen molar-refractivity contribution in [3.05, 3.63) is 83.9 Å². The molecule has 1 aliphatic carbocycles. The van der Waals surface area contributed by atoms with Crippen molar-refractivity contribution < 1.29 is 0 Å². The van der Waals surface area contributed by atoms with Gasteiger partial charge in [-0.3, -0.25) is 0 Å². The molecule has 0 bridgehead atoms. The van der Waals surface area contributed by atoms with Crippen LogP contribution >= 0.6 is 0 Å². The van der Waals surface area contributed by atoms with E-state index in [9.17, 15) is 0 Å². The van der Waals surface area contributed by atoms with Crippen molar-refractivity contribution >= 4 is 21.5 Å². The fraction of sp³-hybridized carbons (Fsp3) is 0.130. The first kappa shape index (κ1) is 12.9. The number of fused-ring (bicyclic) bond motifs is 6. The first-order chi connectivity index (χ1) is 11.2. The number of rotatable bonds is 0. The molecule has 0 nitrogen and oxygen atoms in total. The quantitative estimate of drug-likeness (QED) is 0.334. The first-order valence-corrected chi connectivity index (χ1v) is 8.22. The molecule has 0 radical (unpaired) electrons. The molecule has 0 heterocycles. The predicted molar refractivity (Wildman–Crippen MR) is 99.0 cm³/mol. The molecular weight excluding hydrogens is 276 g/mol. The lowest BCUT2D eigenvalue weighted by Crippen LogP contribution is -2.14. The molecule has 0 spiro atoms. The van der Waals surface area contributed by atoms with Crippen molar-refractivity contribution in [3.8, 4) is 11.1 Å². The Morgan fingerprint density at radius 3 is 2.22 bits per heavy atom. The van der Waals surface area contributed by atoms with Crippen LogP contribution in [0.1, 0.15) is 25.0 Å². The Bertz CT molecular complexity index is 1080. The van der Waals surface area contributed by atoms with Gasteiger partial charge in [0.1, 0.15) is 0 Å². The van der Waals surface area contributed by atoms with Gasteiger partial charge in [0.05, 0.1) is 0 Å². The average Bonchev–Trinajstić information content (AvgIpc) is 2.81. The van der Waals surface area contributed by atoms with E-state index in [0.717, 1.165) is 0 Å². The van der Waals surface area contributed by atoms with E-state index in [0.29, 0.717) is 0 Å². The Hall–Kier alpha value is -2.60. The molecule has 4 aromatic carbocycles. The van der Waals surface area contributed by atoms with Crippen LogP contribution in [0, 0.1) is 0 Å². The first-order valence-electron chi connectivity index (χ1n) is 8.22. The lowest BCUT2D eigenvalue weighted by molar-refractivity contribution is 0.661. The van der Waals surface area contributed by atoms with E-state index in [-0.39, 0.29) is 5.41 Å². The minimum Gasteiger partial charge on any atom is -0.0619 e. The minimum atomic E-state index is 0.0665. The van der Waals surface area contributed by atoms with Crippen LogP contribution in [0.4, 0.5) is 0 Å². The van der Waals surface area contributed by atoms with Gasteiger partial charge in [-0.05, 0) is 55.9 Å². The van der Waals surface area contributed by atoms with Crippen LogP contribution in [0.25, 0.3) is 32.7 Å². The summed E-state index contributed by atoms with van der Waals surface area (Å²) < 4.78 is 0. The highest BCUT2D eigenvalue weighted by molar-refractivity contribution is 6.09. The third-order valence-corrected chi connectivity index (χ3v) is 5.45. The predicted octanol–water partition coefficient (Wildman–Crippen LogP) is 6.30. The Kier molecular flexibility index (Phi) is 2.37. The SMILES string of the molecule is CC1(C)c2ccccc2-c2cc3ccc4ccccc4c3cc21. The maximum Gasteiger partial charge on any atom is 0.0159 e. The van der Waals surface area contributed by atoms with E-state index in [4.69, 9.17) is 0 Å². The summed E-state index contributed by atoms with van der Waals surface area (Å²) in [6.07, 6.45) is 0. The Balaban J connectivity index is 1.95. The highest BCUT2D eigenvalue weighted by atomic mass is 14.4. The summed E-state index contributed by atoms with van der Waals surface area (Å²) in [7, 11) is 0. The monoisotopic (exact) mass is 294 g/mol. The molecule has 0 unspecified atom stereocenters. The Morgan fingerprint density at radius 2 is 1.30 bits per heavy atom. The van der Waals surface area contributed by atoms with Gasteiger partial charge in [-0.2, -0.15) is 0 Å². The third-order valence-electron chi connectivity index (χ3n) is 5.45. The van der Waals surface area contributed by atoms with Gasteiger partial charge in [-0.25, -0.2) is 0 Å². The largest absolute Gasteiger partial charge is 0.0619 e. The number of benzene rings is 4. The summed E-state index contributed by atoms with van der Waals surface area (Å²) in [6, 6.07) is 26.8. The zero-order valence-electron chi connectivity index (χ0n) is 13.4. The summed E-state index contributed by atoms with van der Waals surface area (Å²) in [5, 5.41) is 5.35. The second-order valence-corrected chi connectivity index (χ2v) is 7.08. The van der Waals surface area contributed by atoms with Gasteiger partial charge in [0, 0.05) is 5.41 Å². The van der Waals surface area contributed by atoms with Crippen molar-refractivity contribution in [1.29, 1.82) is 0 Å². The van der Waals surface area contributed by atoms with Gasteiger partial charge in [-0.15, -0.1) is 0 Å². The fourth-order valence-corrected chi connectivity index (χ4v) is 4.20. The minimum absolute atomic E-state index is 0.0665. The van der Waals surface area contributed by atoms with E-state index >= 15 is 0 Å². The van der Waals surface area contributed by atoms with Crippen LogP contribution in [-0.4, -0.2) is 0 Å². The third kappa shape index (κ3) is 1.61. The van der Waals surface area contributed by atoms with Crippen molar-refractivity contribution in [2.24, 2.45) is 0 Å². The molecule has 0 saturated heterocycles. The van der Waals surface area contributed by atoms with Crippen LogP contribution in [-0.2, 0) is 5.41 Å². The Labute approximate surface area is 136 Å². The molecular formula is C23H18. The zero-order valence-corrected chi connectivity index (χ0v) is 13.4. The number of hydrogen-bond acceptors (Lipinski definition) is 0. The van der Waals surface area contributed by atoms with Crippen molar-refractivity contribution in [3.63, 3.8) is 0 Å². The fourth-order valence-electron chi connectivity index (χ4n) is 4.20. The van der Waals surface area contributed by atoms with Gasteiger partial charge in [0.15, 0.2) is 0 Å². The molecule has 0 fully saturated rings. The maximum absolute atomic E-state index is 2.42. The summed E-state index contributed by atoms with van der Waals surface area (Å²) in [6.45, 7) is 4.68. The van der Waals surface area contributed by atoms with E-state index in [2.05, 4.69) is 86.6 Å². The molecule has 0 amide bonds. The summed E-state index contributed by atoms with van der Waals surface area (Å²) in [4.78, 5) is 0. The highest BCUT2D eigenvalue weighted by Crippen LogP contribution is 2.50. The summed E-state index contributed by atoms with van der Waals surface area (Å²) in [5.74, 6) is 0. The van der Waals surface area contributed by atoms with Crippen LogP contribution in [0.3, 0.4) is 0 Å². The van der Waals surface area contributed by atoms with E-state index in [1.165, 1.54) is 43.8 Å². The normalized spacial score (nSPS) is 14.9. The zero-order chi connectivity index (χ0) is 15.6. The van der Waals surface area contributed by atoms with Gasteiger partial charge < -0.3 is 0 Å². The lowest BCUT2D eigenvalue weighted by atomic mass is 9.81. The van der Waals surface area contributed by atoms with Crippen molar-refractivity contribution in [1.82, 2.24) is 0 Å². The molecule has 0 aliphatic heterocycles. The van der Waals surface area contributed by atoms with Gasteiger partial charge in [-0.1, -0.05) is 74.5 Å². The highest BCUT2D eigenvalue weighted by Gasteiger charge is 2.35. The smallest absolute Gasteiger partial charge is 0.0159 e. The molecule has 4 aromatic rings. The molecule has 0 atom stereocenters. The van der Waals surface area contributed by atoms with E-state index in [1.807, 2.05) is 0 Å². The van der Waals surface area contributed by atoms with Crippen molar-refractivity contribution in [2.45, 2.75) is 19.3 Å². The van der Waals surface area contributed by atoms with Gasteiger partial charge in [0.2, 0.25) is 0 Å². The lowest BCUT2D eigenvalue weighted by Gasteiger charge is -2.21. The van der Waals surface area contributed by atoms with Gasteiger partial charge in [0.25, 0.3) is 0 Å². The summed E-state index contributed by atoms with van der Waals surface area (Å²) in [5.41, 5.74) is 5.74. The molecule has 0 heteroatoms. The molecule has 23 heavy (non-hydrogen) atoms. The average molecular weight is 294 g/mol. The van der Waals surface area contributed by atoms with Crippen LogP contribution in [0.5, 0.6) is 0 Å². The Morgan fingerprint density at radius 1 is 0.565 bits per heavy atom.